The summed E-state index contributed by atoms with van der Waals surface area (Å²) in [6.07, 6.45) is 4.07. The highest BCUT2D eigenvalue weighted by atomic mass is 16.5. The number of nitrogens with two attached hydrogens (primary N) is 1. The summed E-state index contributed by atoms with van der Waals surface area (Å²) in [5.41, 5.74) is 9.86. The second kappa shape index (κ2) is 8.85. The van der Waals surface area contributed by atoms with E-state index in [1.165, 1.54) is 23.1 Å². The number of hydrogen-bond acceptors (Lipinski definition) is 5. The predicted molar refractivity (Wildman–Crippen MR) is 135 cm³/mol. The number of fused-ring (bicyclic) bond motifs is 1. The molecular formula is C27H31N5O3. The van der Waals surface area contributed by atoms with Crippen molar-refractivity contribution in [3.63, 3.8) is 0 Å². The van der Waals surface area contributed by atoms with Crippen LogP contribution in [0, 0.1) is 0 Å². The first-order valence-electron chi connectivity index (χ1n) is 12.0. The number of anilines is 1. The number of rotatable bonds is 8. The average molecular weight is 474 g/mol. The maximum absolute atomic E-state index is 13.7. The van der Waals surface area contributed by atoms with Gasteiger partial charge in [-0.25, -0.2) is 4.68 Å². The van der Waals surface area contributed by atoms with E-state index in [0.29, 0.717) is 35.7 Å². The Morgan fingerprint density at radius 1 is 1.09 bits per heavy atom. The van der Waals surface area contributed by atoms with Crippen molar-refractivity contribution < 1.29 is 14.3 Å². The van der Waals surface area contributed by atoms with Gasteiger partial charge in [0.15, 0.2) is 5.69 Å². The minimum Gasteiger partial charge on any atom is -0.497 e. The van der Waals surface area contributed by atoms with Crippen LogP contribution in [0.15, 0.2) is 48.5 Å². The maximum Gasteiger partial charge on any atom is 0.277 e. The Hall–Kier alpha value is -3.65. The molecule has 0 spiro atoms. The van der Waals surface area contributed by atoms with Crippen molar-refractivity contribution in [1.82, 2.24) is 14.7 Å². The third-order valence-electron chi connectivity index (χ3n) is 7.25. The first kappa shape index (κ1) is 23.1. The number of carbonyl (C=O) groups excluding carboxylic acids is 2. The van der Waals surface area contributed by atoms with Crippen LogP contribution < -0.4 is 15.4 Å². The molecule has 2 amide bonds. The fourth-order valence-corrected chi connectivity index (χ4v) is 4.98. The zero-order valence-electron chi connectivity index (χ0n) is 20.5. The zero-order chi connectivity index (χ0) is 24.7. The topological polar surface area (TPSA) is 93.7 Å². The summed E-state index contributed by atoms with van der Waals surface area (Å²) in [7, 11) is 5.81. The number of methoxy groups -OCH3 is 1. The SMILES string of the molecule is COc1ccc(-n2nc(C(N)=O)c3c2C(=O)N(c2ccc(C4(CCN(C)C)CC4)cc2)CC3)cc1. The van der Waals surface area contributed by atoms with Gasteiger partial charge in [-0.2, -0.15) is 5.10 Å². The first-order valence-corrected chi connectivity index (χ1v) is 12.0. The molecule has 1 aliphatic heterocycles. The molecule has 0 saturated heterocycles. The van der Waals surface area contributed by atoms with Crippen LogP contribution in [-0.2, 0) is 11.8 Å². The molecule has 8 heteroatoms. The summed E-state index contributed by atoms with van der Waals surface area (Å²) in [5.74, 6) is -0.132. The Bertz CT molecular complexity index is 1260. The highest BCUT2D eigenvalue weighted by Crippen LogP contribution is 2.51. The van der Waals surface area contributed by atoms with Crippen LogP contribution in [0.4, 0.5) is 5.69 Å². The van der Waals surface area contributed by atoms with Crippen LogP contribution in [0.5, 0.6) is 5.75 Å². The molecule has 2 N–H and O–H groups in total. The van der Waals surface area contributed by atoms with Crippen LogP contribution in [0.3, 0.4) is 0 Å². The number of hydrogen-bond donors (Lipinski definition) is 1. The molecule has 2 aromatic carbocycles. The summed E-state index contributed by atoms with van der Waals surface area (Å²) >= 11 is 0. The van der Waals surface area contributed by atoms with Gasteiger partial charge >= 0.3 is 0 Å². The van der Waals surface area contributed by atoms with E-state index in [0.717, 1.165) is 18.7 Å². The summed E-state index contributed by atoms with van der Waals surface area (Å²) in [6.45, 7) is 1.53. The van der Waals surface area contributed by atoms with Crippen molar-refractivity contribution in [2.45, 2.75) is 31.1 Å². The van der Waals surface area contributed by atoms with Crippen LogP contribution in [-0.4, -0.2) is 60.8 Å². The molecule has 0 atom stereocenters. The molecule has 0 radical (unpaired) electrons. The summed E-state index contributed by atoms with van der Waals surface area (Å²) in [4.78, 5) is 29.8. The smallest absolute Gasteiger partial charge is 0.277 e. The van der Waals surface area contributed by atoms with Gasteiger partial charge in [0.25, 0.3) is 11.8 Å². The highest BCUT2D eigenvalue weighted by Gasteiger charge is 2.43. The lowest BCUT2D eigenvalue weighted by Gasteiger charge is -2.28. The molecule has 3 aromatic rings. The molecule has 1 saturated carbocycles. The van der Waals surface area contributed by atoms with Gasteiger partial charge in [-0.15, -0.1) is 0 Å². The lowest BCUT2D eigenvalue weighted by Crippen LogP contribution is -2.39. The molecule has 35 heavy (non-hydrogen) atoms. The molecule has 2 heterocycles. The van der Waals surface area contributed by atoms with Gasteiger partial charge in [-0.1, -0.05) is 12.1 Å². The van der Waals surface area contributed by atoms with Gasteiger partial charge < -0.3 is 20.3 Å². The Morgan fingerprint density at radius 3 is 2.31 bits per heavy atom. The molecular weight excluding hydrogens is 442 g/mol. The van der Waals surface area contributed by atoms with Crippen molar-refractivity contribution in [3.05, 3.63) is 71.0 Å². The van der Waals surface area contributed by atoms with Crippen molar-refractivity contribution in [2.24, 2.45) is 5.73 Å². The van der Waals surface area contributed by atoms with Crippen LogP contribution >= 0.6 is 0 Å². The summed E-state index contributed by atoms with van der Waals surface area (Å²) < 4.78 is 6.77. The average Bonchev–Trinajstić information content (AvgIpc) is 3.55. The second-order valence-electron chi connectivity index (χ2n) is 9.74. The van der Waals surface area contributed by atoms with E-state index in [4.69, 9.17) is 10.5 Å². The minimum absolute atomic E-state index is 0.149. The van der Waals surface area contributed by atoms with E-state index in [1.807, 2.05) is 12.1 Å². The van der Waals surface area contributed by atoms with Crippen molar-refractivity contribution in [2.75, 3.05) is 39.2 Å². The van der Waals surface area contributed by atoms with Crippen LogP contribution in [0.25, 0.3) is 5.69 Å². The molecule has 2 aliphatic rings. The molecule has 0 bridgehead atoms. The van der Waals surface area contributed by atoms with E-state index in [-0.39, 0.29) is 17.0 Å². The lowest BCUT2D eigenvalue weighted by molar-refractivity contribution is 0.0972. The third kappa shape index (κ3) is 4.18. The van der Waals surface area contributed by atoms with Crippen molar-refractivity contribution in [3.8, 4) is 11.4 Å². The molecule has 8 nitrogen and oxygen atoms in total. The standard InChI is InChI=1S/C27H31N5O3/c1-30(2)17-15-27(13-14-27)18-4-6-19(7-5-18)31-16-12-22-23(25(28)33)29-32(24(22)26(31)34)20-8-10-21(35-3)11-9-20/h4-11H,12-17H2,1-3H3,(H2,28,33). The fourth-order valence-electron chi connectivity index (χ4n) is 4.98. The lowest BCUT2D eigenvalue weighted by atomic mass is 9.92. The van der Waals surface area contributed by atoms with E-state index in [1.54, 1.807) is 36.3 Å². The number of benzene rings is 2. The normalized spacial score (nSPS) is 16.3. The number of amides is 2. The van der Waals surface area contributed by atoms with E-state index < -0.39 is 5.91 Å². The Labute approximate surface area is 205 Å². The van der Waals surface area contributed by atoms with E-state index in [2.05, 4.69) is 36.2 Å². The zero-order valence-corrected chi connectivity index (χ0v) is 20.5. The summed E-state index contributed by atoms with van der Waals surface area (Å²) in [5, 5.41) is 4.43. The molecule has 1 aromatic heterocycles. The largest absolute Gasteiger partial charge is 0.497 e. The van der Waals surface area contributed by atoms with Crippen molar-refractivity contribution in [1.29, 1.82) is 0 Å². The third-order valence-corrected chi connectivity index (χ3v) is 7.25. The van der Waals surface area contributed by atoms with Crippen LogP contribution in [0.2, 0.25) is 0 Å². The predicted octanol–water partition coefficient (Wildman–Crippen LogP) is 3.17. The molecule has 182 valence electrons. The quantitative estimate of drug-likeness (QED) is 0.542. The van der Waals surface area contributed by atoms with Crippen LogP contribution in [0.1, 0.15) is 51.4 Å². The van der Waals surface area contributed by atoms with Gasteiger partial charge in [0, 0.05) is 17.8 Å². The fraction of sp³-hybridized carbons (Fsp3) is 0.370. The first-order chi connectivity index (χ1) is 16.8. The Morgan fingerprint density at radius 2 is 1.74 bits per heavy atom. The molecule has 1 fully saturated rings. The Kier molecular flexibility index (Phi) is 5.84. The second-order valence-corrected chi connectivity index (χ2v) is 9.74. The van der Waals surface area contributed by atoms with Gasteiger partial charge in [0.05, 0.1) is 12.8 Å². The molecule has 1 aliphatic carbocycles. The van der Waals surface area contributed by atoms with Gasteiger partial charge in [0.2, 0.25) is 0 Å². The number of primary amides is 1. The highest BCUT2D eigenvalue weighted by molar-refractivity contribution is 6.09. The number of aromatic nitrogens is 2. The van der Waals surface area contributed by atoms with Crippen molar-refractivity contribution >= 4 is 17.5 Å². The van der Waals surface area contributed by atoms with E-state index >= 15 is 0 Å². The minimum atomic E-state index is -0.633. The number of carbonyl (C=O) groups is 2. The monoisotopic (exact) mass is 473 g/mol. The summed E-state index contributed by atoms with van der Waals surface area (Å²) in [6, 6.07) is 15.6. The Balaban J connectivity index is 1.46. The number of ether oxygens (including phenoxy) is 1. The molecule has 0 unspecified atom stereocenters. The van der Waals surface area contributed by atoms with Gasteiger partial charge in [0.1, 0.15) is 11.4 Å². The van der Waals surface area contributed by atoms with E-state index in [9.17, 15) is 9.59 Å². The molecule has 5 rings (SSSR count). The van der Waals surface area contributed by atoms with Gasteiger partial charge in [-0.3, -0.25) is 9.59 Å². The number of nitrogens with zero attached hydrogens (tertiary/aromatic N) is 4. The van der Waals surface area contributed by atoms with Gasteiger partial charge in [-0.05, 0) is 93.7 Å². The maximum atomic E-state index is 13.7.